The molecule has 146 valence electrons. The number of carbonyl (C=O) groups is 1. The van der Waals surface area contributed by atoms with Gasteiger partial charge in [0.05, 0.1) is 36.6 Å². The Morgan fingerprint density at radius 3 is 2.32 bits per heavy atom. The number of methoxy groups -OCH3 is 2. The molecule has 4 rings (SSSR count). The lowest BCUT2D eigenvalue weighted by Crippen LogP contribution is -2.36. The molecule has 0 saturated carbocycles. The fourth-order valence-corrected chi connectivity index (χ4v) is 5.64. The van der Waals surface area contributed by atoms with Gasteiger partial charge in [-0.3, -0.25) is 4.79 Å². The summed E-state index contributed by atoms with van der Waals surface area (Å²) >= 11 is 0. The highest BCUT2D eigenvalue weighted by molar-refractivity contribution is 7.91. The number of sulfone groups is 1. The first-order chi connectivity index (χ1) is 13.4. The van der Waals surface area contributed by atoms with E-state index in [1.54, 1.807) is 37.4 Å². The lowest BCUT2D eigenvalue weighted by molar-refractivity contribution is -0.131. The summed E-state index contributed by atoms with van der Waals surface area (Å²) in [6.07, 6.45) is 0. The topological polar surface area (TPSA) is 85.3 Å². The molecule has 2 aromatic carbocycles. The average Bonchev–Trinajstić information content (AvgIpc) is 3.06. The van der Waals surface area contributed by atoms with E-state index >= 15 is 0 Å². The molecule has 0 bridgehead atoms. The highest BCUT2D eigenvalue weighted by Gasteiger charge is 2.47. The normalized spacial score (nSPS) is 22.1. The molecule has 0 aromatic heterocycles. The van der Waals surface area contributed by atoms with Gasteiger partial charge < -0.3 is 9.47 Å². The van der Waals surface area contributed by atoms with Crippen LogP contribution in [0.4, 0.5) is 0 Å². The van der Waals surface area contributed by atoms with Gasteiger partial charge in [-0.2, -0.15) is 5.10 Å². The van der Waals surface area contributed by atoms with Crippen LogP contribution in [0.25, 0.3) is 0 Å². The second kappa shape index (κ2) is 6.63. The Hall–Kier alpha value is -2.87. The average molecular weight is 400 g/mol. The minimum atomic E-state index is -3.52. The molecule has 7 nitrogen and oxygen atoms in total. The van der Waals surface area contributed by atoms with Crippen LogP contribution in [0.1, 0.15) is 24.1 Å². The van der Waals surface area contributed by atoms with Gasteiger partial charge in [-0.15, -0.1) is 0 Å². The van der Waals surface area contributed by atoms with Gasteiger partial charge in [0, 0.05) is 18.4 Å². The number of benzene rings is 2. The van der Waals surface area contributed by atoms with E-state index in [-0.39, 0.29) is 16.6 Å². The third-order valence-corrected chi connectivity index (χ3v) is 7.01. The smallest absolute Gasteiger partial charge is 0.240 e. The van der Waals surface area contributed by atoms with E-state index in [1.165, 1.54) is 19.0 Å². The van der Waals surface area contributed by atoms with E-state index in [1.807, 2.05) is 12.1 Å². The Balaban J connectivity index is 1.87. The summed E-state index contributed by atoms with van der Waals surface area (Å²) in [6.45, 7) is 1.43. The predicted molar refractivity (Wildman–Crippen MR) is 103 cm³/mol. The van der Waals surface area contributed by atoms with Crippen LogP contribution in [0.5, 0.6) is 11.5 Å². The molecule has 0 N–H and O–H groups in total. The second-order valence-electron chi connectivity index (χ2n) is 6.82. The van der Waals surface area contributed by atoms with Crippen LogP contribution in [0, 0.1) is 5.92 Å². The highest BCUT2D eigenvalue weighted by Crippen LogP contribution is 2.44. The summed E-state index contributed by atoms with van der Waals surface area (Å²) in [5.41, 5.74) is 1.90. The molecule has 0 radical (unpaired) electrons. The summed E-state index contributed by atoms with van der Waals surface area (Å²) in [4.78, 5) is 12.5. The van der Waals surface area contributed by atoms with Crippen molar-refractivity contribution in [3.8, 4) is 11.5 Å². The van der Waals surface area contributed by atoms with Gasteiger partial charge in [0.15, 0.2) is 9.84 Å². The highest BCUT2D eigenvalue weighted by atomic mass is 32.2. The minimum Gasteiger partial charge on any atom is -0.497 e. The first-order valence-corrected chi connectivity index (χ1v) is 10.4. The number of amides is 1. The van der Waals surface area contributed by atoms with Crippen LogP contribution >= 0.6 is 0 Å². The van der Waals surface area contributed by atoms with Crippen molar-refractivity contribution in [3.05, 3.63) is 53.6 Å². The monoisotopic (exact) mass is 400 g/mol. The fourth-order valence-electron chi connectivity index (χ4n) is 3.87. The van der Waals surface area contributed by atoms with E-state index in [2.05, 4.69) is 5.10 Å². The zero-order chi connectivity index (χ0) is 20.1. The summed E-state index contributed by atoms with van der Waals surface area (Å²) in [7, 11) is -0.425. The quantitative estimate of drug-likeness (QED) is 0.790. The molecular weight excluding hydrogens is 380 g/mol. The van der Waals surface area contributed by atoms with Crippen molar-refractivity contribution in [1.29, 1.82) is 0 Å². The molecule has 2 aliphatic rings. The largest absolute Gasteiger partial charge is 0.497 e. The summed E-state index contributed by atoms with van der Waals surface area (Å²) in [5, 5.41) is 5.92. The zero-order valence-corrected chi connectivity index (χ0v) is 16.6. The van der Waals surface area contributed by atoms with E-state index in [4.69, 9.17) is 9.47 Å². The van der Waals surface area contributed by atoms with Crippen molar-refractivity contribution in [2.75, 3.05) is 20.0 Å². The van der Waals surface area contributed by atoms with Gasteiger partial charge in [0.1, 0.15) is 11.5 Å². The maximum atomic E-state index is 12.9. The van der Waals surface area contributed by atoms with Crippen LogP contribution < -0.4 is 9.47 Å². The number of hydrogen-bond donors (Lipinski definition) is 0. The number of fused-ring (bicyclic) bond motifs is 3. The minimum absolute atomic E-state index is 0.106. The van der Waals surface area contributed by atoms with Crippen LogP contribution in [0.2, 0.25) is 0 Å². The van der Waals surface area contributed by atoms with Crippen molar-refractivity contribution >= 4 is 21.5 Å². The van der Waals surface area contributed by atoms with E-state index in [0.717, 1.165) is 5.56 Å². The number of hydrazone groups is 1. The van der Waals surface area contributed by atoms with Crippen LogP contribution in [0.3, 0.4) is 0 Å². The molecule has 8 heteroatoms. The van der Waals surface area contributed by atoms with Gasteiger partial charge in [-0.05, 0) is 35.9 Å². The molecule has 2 aromatic rings. The lowest BCUT2D eigenvalue weighted by atomic mass is 9.88. The molecule has 2 atom stereocenters. The molecule has 0 aliphatic carbocycles. The Labute approximate surface area is 163 Å². The first-order valence-electron chi connectivity index (χ1n) is 8.79. The molecule has 2 heterocycles. The number of rotatable bonds is 3. The molecule has 0 spiro atoms. The third kappa shape index (κ3) is 2.84. The number of carbonyl (C=O) groups excluding carboxylic acids is 1. The SMILES string of the molecule is COc1ccc([C@H]2[C@H]3CS(=O)(=O)c4ccc(OC)cc4C3=NN2C(C)=O)cc1. The van der Waals surface area contributed by atoms with E-state index in [0.29, 0.717) is 22.8 Å². The molecule has 2 aliphatic heterocycles. The Kier molecular flexibility index (Phi) is 4.38. The maximum Gasteiger partial charge on any atom is 0.240 e. The van der Waals surface area contributed by atoms with E-state index in [9.17, 15) is 13.2 Å². The Morgan fingerprint density at radius 1 is 1.07 bits per heavy atom. The molecule has 0 fully saturated rings. The lowest BCUT2D eigenvalue weighted by Gasteiger charge is -2.29. The molecule has 28 heavy (non-hydrogen) atoms. The maximum absolute atomic E-state index is 12.9. The van der Waals surface area contributed by atoms with Gasteiger partial charge >= 0.3 is 0 Å². The summed E-state index contributed by atoms with van der Waals surface area (Å²) in [6, 6.07) is 11.6. The van der Waals surface area contributed by atoms with Crippen LogP contribution in [-0.4, -0.2) is 45.0 Å². The van der Waals surface area contributed by atoms with Crippen LogP contribution in [0.15, 0.2) is 52.5 Å². The van der Waals surface area contributed by atoms with Crippen molar-refractivity contribution < 1.29 is 22.7 Å². The van der Waals surface area contributed by atoms with Crippen molar-refractivity contribution in [2.45, 2.75) is 17.9 Å². The third-order valence-electron chi connectivity index (χ3n) is 5.19. The molecule has 0 saturated heterocycles. The summed E-state index contributed by atoms with van der Waals surface area (Å²) in [5.74, 6) is 0.417. The number of hydrogen-bond acceptors (Lipinski definition) is 6. The van der Waals surface area contributed by atoms with Crippen molar-refractivity contribution in [1.82, 2.24) is 5.01 Å². The Morgan fingerprint density at radius 2 is 1.71 bits per heavy atom. The molecule has 0 unspecified atom stereocenters. The molecule has 1 amide bonds. The fraction of sp³-hybridized carbons (Fsp3) is 0.300. The van der Waals surface area contributed by atoms with Gasteiger partial charge in [0.25, 0.3) is 0 Å². The van der Waals surface area contributed by atoms with Crippen molar-refractivity contribution in [2.24, 2.45) is 11.0 Å². The number of ether oxygens (including phenoxy) is 2. The summed E-state index contributed by atoms with van der Waals surface area (Å²) < 4.78 is 36.4. The van der Waals surface area contributed by atoms with Crippen LogP contribution in [-0.2, 0) is 14.6 Å². The van der Waals surface area contributed by atoms with Gasteiger partial charge in [-0.1, -0.05) is 12.1 Å². The number of nitrogens with zero attached hydrogens (tertiary/aromatic N) is 2. The zero-order valence-electron chi connectivity index (χ0n) is 15.7. The van der Waals surface area contributed by atoms with Gasteiger partial charge in [0.2, 0.25) is 5.91 Å². The first kappa shape index (κ1) is 18.5. The molecular formula is C20H20N2O5S. The second-order valence-corrected chi connectivity index (χ2v) is 8.82. The van der Waals surface area contributed by atoms with E-state index < -0.39 is 21.8 Å². The Bertz CT molecular complexity index is 1080. The van der Waals surface area contributed by atoms with Gasteiger partial charge in [-0.25, -0.2) is 13.4 Å². The standard InChI is InChI=1S/C20H20N2O5S/c1-12(23)22-20(13-4-6-14(26-2)7-5-13)17-11-28(24,25)18-9-8-15(27-3)10-16(18)19(17)21-22/h4-10,17,20H,11H2,1-3H3/t17-,20-/m0/s1. The van der Waals surface area contributed by atoms with Crippen molar-refractivity contribution in [3.63, 3.8) is 0 Å². The predicted octanol–water partition coefficient (Wildman–Crippen LogP) is 2.41.